The zero-order chi connectivity index (χ0) is 10.3. The Labute approximate surface area is 93.2 Å². The number of hydrogen-bond acceptors (Lipinski definition) is 2. The van der Waals surface area contributed by atoms with Crippen LogP contribution in [-0.2, 0) is 18.7 Å². The number of rotatable bonds is 1. The number of nitrogens with zero attached hydrogens (tertiary/aromatic N) is 1. The minimum absolute atomic E-state index is 0.347. The zero-order valence-corrected chi connectivity index (χ0v) is 9.18. The van der Waals surface area contributed by atoms with Crippen LogP contribution in [0.25, 0.3) is 11.1 Å². The maximum atomic E-state index is 5.70. The first-order chi connectivity index (χ1) is 7.36. The predicted octanol–water partition coefficient (Wildman–Crippen LogP) is 3.45. The van der Waals surface area contributed by atoms with Crippen LogP contribution in [0, 0.1) is 0 Å². The number of benzene rings is 1. The Hall–Kier alpha value is -1.02. The molecule has 0 radical (unpaired) electrons. The van der Waals surface area contributed by atoms with Gasteiger partial charge in [-0.3, -0.25) is 0 Å². The molecule has 2 aromatic rings. The van der Waals surface area contributed by atoms with Gasteiger partial charge < -0.3 is 4.42 Å². The Morgan fingerprint density at radius 2 is 1.93 bits per heavy atom. The summed E-state index contributed by atoms with van der Waals surface area (Å²) in [5.74, 6) is 0.966. The summed E-state index contributed by atoms with van der Waals surface area (Å²) in [6, 6.07) is 4.29. The number of aromatic nitrogens is 1. The predicted molar refractivity (Wildman–Crippen MR) is 60.2 cm³/mol. The largest absolute Gasteiger partial charge is 0.439 e. The van der Waals surface area contributed by atoms with Crippen LogP contribution in [0.1, 0.15) is 29.9 Å². The molecule has 0 N–H and O–H groups in total. The van der Waals surface area contributed by atoms with E-state index in [-0.39, 0.29) is 0 Å². The molecule has 3 heteroatoms. The Balaban J connectivity index is 2.19. The van der Waals surface area contributed by atoms with Crippen LogP contribution < -0.4 is 0 Å². The van der Waals surface area contributed by atoms with Crippen molar-refractivity contribution in [3.05, 3.63) is 29.2 Å². The third-order valence-corrected chi connectivity index (χ3v) is 3.24. The second kappa shape index (κ2) is 3.53. The molecule has 78 valence electrons. The van der Waals surface area contributed by atoms with E-state index in [0.717, 1.165) is 11.1 Å². The van der Waals surface area contributed by atoms with E-state index in [9.17, 15) is 0 Å². The van der Waals surface area contributed by atoms with E-state index in [1.807, 2.05) is 0 Å². The molecule has 3 rings (SSSR count). The van der Waals surface area contributed by atoms with E-state index >= 15 is 0 Å². The van der Waals surface area contributed by atoms with Crippen molar-refractivity contribution >= 4 is 22.7 Å². The average molecular weight is 222 g/mol. The molecule has 0 unspecified atom stereocenters. The van der Waals surface area contributed by atoms with E-state index in [1.54, 1.807) is 0 Å². The molecule has 0 saturated carbocycles. The molecule has 1 aliphatic rings. The van der Waals surface area contributed by atoms with Gasteiger partial charge in [0.2, 0.25) is 5.89 Å². The quantitative estimate of drug-likeness (QED) is 0.690. The standard InChI is InChI=1S/C12H12ClNO/c13-7-12-14-10-5-8-3-1-2-4-9(8)6-11(10)15-12/h5-6H,1-4,7H2. The van der Waals surface area contributed by atoms with Gasteiger partial charge in [0.15, 0.2) is 5.58 Å². The van der Waals surface area contributed by atoms with Gasteiger partial charge >= 0.3 is 0 Å². The van der Waals surface area contributed by atoms with Gasteiger partial charge in [0.05, 0.1) is 5.88 Å². The third-order valence-electron chi connectivity index (χ3n) is 3.01. The molecular formula is C12H12ClNO. The number of halogens is 1. The van der Waals surface area contributed by atoms with Crippen LogP contribution in [-0.4, -0.2) is 4.98 Å². The smallest absolute Gasteiger partial charge is 0.210 e. The Kier molecular flexibility index (Phi) is 2.17. The van der Waals surface area contributed by atoms with Crippen molar-refractivity contribution in [3.63, 3.8) is 0 Å². The van der Waals surface area contributed by atoms with E-state index < -0.39 is 0 Å². The van der Waals surface area contributed by atoms with Crippen molar-refractivity contribution in [1.82, 2.24) is 4.98 Å². The van der Waals surface area contributed by atoms with Gasteiger partial charge in [-0.05, 0) is 48.9 Å². The molecule has 0 aliphatic heterocycles. The van der Waals surface area contributed by atoms with Crippen molar-refractivity contribution < 1.29 is 4.42 Å². The molecule has 0 atom stereocenters. The van der Waals surface area contributed by atoms with Crippen molar-refractivity contribution in [3.8, 4) is 0 Å². The van der Waals surface area contributed by atoms with E-state index in [2.05, 4.69) is 17.1 Å². The van der Waals surface area contributed by atoms with Crippen molar-refractivity contribution in [2.24, 2.45) is 0 Å². The van der Waals surface area contributed by atoms with E-state index in [0.29, 0.717) is 11.8 Å². The van der Waals surface area contributed by atoms with Crippen LogP contribution in [0.3, 0.4) is 0 Å². The van der Waals surface area contributed by atoms with Crippen LogP contribution in [0.5, 0.6) is 0 Å². The highest BCUT2D eigenvalue weighted by atomic mass is 35.5. The second-order valence-corrected chi connectivity index (χ2v) is 4.30. The van der Waals surface area contributed by atoms with E-state index in [1.165, 1.54) is 36.8 Å². The van der Waals surface area contributed by atoms with Gasteiger partial charge in [0.25, 0.3) is 0 Å². The highest BCUT2D eigenvalue weighted by Gasteiger charge is 2.13. The maximum absolute atomic E-state index is 5.70. The Bertz CT molecular complexity index is 461. The van der Waals surface area contributed by atoms with Gasteiger partial charge in [-0.1, -0.05) is 0 Å². The fraction of sp³-hybridized carbons (Fsp3) is 0.417. The first-order valence-corrected chi connectivity index (χ1v) is 5.87. The summed E-state index contributed by atoms with van der Waals surface area (Å²) >= 11 is 5.70. The number of alkyl halides is 1. The lowest BCUT2D eigenvalue weighted by atomic mass is 9.91. The molecule has 1 aliphatic carbocycles. The van der Waals surface area contributed by atoms with Gasteiger partial charge in [-0.2, -0.15) is 0 Å². The molecule has 0 saturated heterocycles. The highest BCUT2D eigenvalue weighted by molar-refractivity contribution is 6.16. The highest BCUT2D eigenvalue weighted by Crippen LogP contribution is 2.27. The van der Waals surface area contributed by atoms with Gasteiger partial charge in [-0.25, -0.2) is 4.98 Å². The lowest BCUT2D eigenvalue weighted by Gasteiger charge is -2.14. The summed E-state index contributed by atoms with van der Waals surface area (Å²) < 4.78 is 5.54. The molecular weight excluding hydrogens is 210 g/mol. The molecule has 2 nitrogen and oxygen atoms in total. The summed E-state index contributed by atoms with van der Waals surface area (Å²) in [4.78, 5) is 4.34. The molecule has 1 heterocycles. The summed E-state index contributed by atoms with van der Waals surface area (Å²) in [5.41, 5.74) is 4.69. The normalized spacial score (nSPS) is 15.5. The molecule has 1 aromatic heterocycles. The fourth-order valence-electron chi connectivity index (χ4n) is 2.26. The van der Waals surface area contributed by atoms with Gasteiger partial charge in [-0.15, -0.1) is 11.6 Å². The first-order valence-electron chi connectivity index (χ1n) is 5.34. The minimum atomic E-state index is 0.347. The van der Waals surface area contributed by atoms with Gasteiger partial charge in [0, 0.05) is 0 Å². The van der Waals surface area contributed by atoms with Gasteiger partial charge in [0.1, 0.15) is 5.52 Å². The zero-order valence-electron chi connectivity index (χ0n) is 8.42. The molecule has 0 amide bonds. The van der Waals surface area contributed by atoms with Crippen molar-refractivity contribution in [2.45, 2.75) is 31.6 Å². The Morgan fingerprint density at radius 1 is 1.20 bits per heavy atom. The third kappa shape index (κ3) is 1.53. The molecule has 15 heavy (non-hydrogen) atoms. The van der Waals surface area contributed by atoms with Crippen molar-refractivity contribution in [1.29, 1.82) is 0 Å². The van der Waals surface area contributed by atoms with Crippen LogP contribution in [0.15, 0.2) is 16.5 Å². The van der Waals surface area contributed by atoms with Crippen LogP contribution in [0.4, 0.5) is 0 Å². The Morgan fingerprint density at radius 3 is 2.67 bits per heavy atom. The maximum Gasteiger partial charge on any atom is 0.210 e. The number of hydrogen-bond donors (Lipinski definition) is 0. The van der Waals surface area contributed by atoms with Crippen molar-refractivity contribution in [2.75, 3.05) is 0 Å². The van der Waals surface area contributed by atoms with Crippen LogP contribution >= 0.6 is 11.6 Å². The topological polar surface area (TPSA) is 26.0 Å². The lowest BCUT2D eigenvalue weighted by Crippen LogP contribution is -2.01. The second-order valence-electron chi connectivity index (χ2n) is 4.04. The minimum Gasteiger partial charge on any atom is -0.439 e. The summed E-state index contributed by atoms with van der Waals surface area (Å²) in [6.45, 7) is 0. The molecule has 0 spiro atoms. The number of fused-ring (bicyclic) bond motifs is 2. The number of oxazole rings is 1. The number of aryl methyl sites for hydroxylation is 2. The monoisotopic (exact) mass is 221 g/mol. The fourth-order valence-corrected chi connectivity index (χ4v) is 2.37. The molecule has 0 bridgehead atoms. The summed E-state index contributed by atoms with van der Waals surface area (Å²) in [5, 5.41) is 0. The molecule has 1 aromatic carbocycles. The van der Waals surface area contributed by atoms with E-state index in [4.69, 9.17) is 16.0 Å². The summed E-state index contributed by atoms with van der Waals surface area (Å²) in [7, 11) is 0. The molecule has 0 fully saturated rings. The SMILES string of the molecule is ClCc1nc2cc3c(cc2o1)CCCC3. The average Bonchev–Trinajstić information content (AvgIpc) is 2.67. The van der Waals surface area contributed by atoms with Crippen LogP contribution in [0.2, 0.25) is 0 Å². The summed E-state index contributed by atoms with van der Waals surface area (Å²) in [6.07, 6.45) is 4.92. The first kappa shape index (κ1) is 9.22. The lowest BCUT2D eigenvalue weighted by molar-refractivity contribution is 0.554.